The van der Waals surface area contributed by atoms with Gasteiger partial charge in [-0.25, -0.2) is 9.97 Å². The zero-order valence-corrected chi connectivity index (χ0v) is 16.7. The van der Waals surface area contributed by atoms with Crippen LogP contribution in [0.2, 0.25) is 0 Å². The van der Waals surface area contributed by atoms with Crippen molar-refractivity contribution in [3.8, 4) is 0 Å². The topological polar surface area (TPSA) is 78.4 Å². The molecule has 2 heterocycles. The summed E-state index contributed by atoms with van der Waals surface area (Å²) in [5.41, 5.74) is 3.84. The largest absolute Gasteiger partial charge is 0.339 e. The Balaban J connectivity index is 1.69. The number of amides is 2. The predicted octanol–water partition coefficient (Wildman–Crippen LogP) is 2.65. The molecule has 3 rings (SSSR count). The minimum atomic E-state index is -0.148. The van der Waals surface area contributed by atoms with Gasteiger partial charge in [-0.05, 0) is 24.0 Å². The second kappa shape index (κ2) is 8.82. The Bertz CT molecular complexity index is 820. The molecule has 0 unspecified atom stereocenters. The van der Waals surface area contributed by atoms with Crippen molar-refractivity contribution in [1.82, 2.24) is 19.8 Å². The van der Waals surface area contributed by atoms with Gasteiger partial charge < -0.3 is 15.1 Å². The number of carbonyl (C=O) groups excluding carboxylic acids is 2. The van der Waals surface area contributed by atoms with E-state index in [1.165, 1.54) is 17.3 Å². The van der Waals surface area contributed by atoms with Crippen molar-refractivity contribution in [2.24, 2.45) is 0 Å². The normalized spacial score (nSPS) is 14.1. The third-order valence-corrected chi connectivity index (χ3v) is 5.14. The van der Waals surface area contributed by atoms with Gasteiger partial charge in [0.05, 0.1) is 12.4 Å². The van der Waals surface area contributed by atoms with E-state index < -0.39 is 0 Å². The number of aromatic nitrogens is 2. The molecule has 148 valence electrons. The van der Waals surface area contributed by atoms with Crippen LogP contribution in [0.25, 0.3) is 0 Å². The van der Waals surface area contributed by atoms with Crippen LogP contribution in [0.4, 0.5) is 11.5 Å². The van der Waals surface area contributed by atoms with E-state index in [9.17, 15) is 9.59 Å². The minimum absolute atomic E-state index is 0.0427. The molecule has 0 spiro atoms. The second-order valence-corrected chi connectivity index (χ2v) is 6.87. The molecule has 1 saturated heterocycles. The molecule has 0 radical (unpaired) electrons. The minimum Gasteiger partial charge on any atom is -0.339 e. The zero-order chi connectivity index (χ0) is 20.1. The highest BCUT2D eigenvalue weighted by Crippen LogP contribution is 2.25. The number of para-hydroxylation sites is 1. The number of nitrogens with zero attached hydrogens (tertiary/aromatic N) is 4. The lowest BCUT2D eigenvalue weighted by Crippen LogP contribution is -2.50. The number of nitrogens with one attached hydrogen (secondary N) is 1. The maximum Gasteiger partial charge on any atom is 0.274 e. The van der Waals surface area contributed by atoms with Crippen LogP contribution in [0.15, 0.2) is 30.6 Å². The van der Waals surface area contributed by atoms with Crippen molar-refractivity contribution in [2.75, 3.05) is 31.5 Å². The summed E-state index contributed by atoms with van der Waals surface area (Å²) in [6.45, 7) is 7.95. The molecule has 1 aromatic carbocycles. The van der Waals surface area contributed by atoms with Gasteiger partial charge in [0, 0.05) is 38.8 Å². The quantitative estimate of drug-likeness (QED) is 0.861. The highest BCUT2D eigenvalue weighted by Gasteiger charge is 2.24. The number of aryl methyl sites for hydroxylation is 2. The van der Waals surface area contributed by atoms with Crippen LogP contribution in [0.1, 0.15) is 42.4 Å². The van der Waals surface area contributed by atoms with E-state index in [4.69, 9.17) is 0 Å². The van der Waals surface area contributed by atoms with E-state index in [2.05, 4.69) is 47.3 Å². The van der Waals surface area contributed by atoms with Gasteiger partial charge in [-0.3, -0.25) is 9.59 Å². The Morgan fingerprint density at radius 2 is 1.57 bits per heavy atom. The maximum atomic E-state index is 12.6. The number of benzene rings is 1. The number of anilines is 2. The fraction of sp³-hybridized carbons (Fsp3) is 0.429. The van der Waals surface area contributed by atoms with Crippen molar-refractivity contribution >= 4 is 23.3 Å². The van der Waals surface area contributed by atoms with Crippen molar-refractivity contribution in [2.45, 2.75) is 33.6 Å². The van der Waals surface area contributed by atoms with Crippen molar-refractivity contribution in [3.05, 3.63) is 47.4 Å². The molecule has 0 saturated carbocycles. The molecular formula is C21H27N5O2. The molecule has 2 amide bonds. The number of rotatable bonds is 5. The lowest BCUT2D eigenvalue weighted by Gasteiger charge is -2.33. The third kappa shape index (κ3) is 4.30. The highest BCUT2D eigenvalue weighted by atomic mass is 16.2. The van der Waals surface area contributed by atoms with Crippen LogP contribution < -0.4 is 5.32 Å². The van der Waals surface area contributed by atoms with E-state index in [0.717, 1.165) is 18.5 Å². The summed E-state index contributed by atoms with van der Waals surface area (Å²) in [6, 6.07) is 6.28. The Morgan fingerprint density at radius 3 is 2.07 bits per heavy atom. The molecular weight excluding hydrogens is 354 g/mol. The molecule has 2 aromatic rings. The summed E-state index contributed by atoms with van der Waals surface area (Å²) < 4.78 is 0. The van der Waals surface area contributed by atoms with Crippen LogP contribution in [-0.2, 0) is 17.6 Å². The number of carbonyl (C=O) groups is 2. The average molecular weight is 381 g/mol. The van der Waals surface area contributed by atoms with Crippen LogP contribution in [0, 0.1) is 0 Å². The molecule has 0 atom stereocenters. The molecule has 1 fully saturated rings. The first-order valence-corrected chi connectivity index (χ1v) is 9.78. The summed E-state index contributed by atoms with van der Waals surface area (Å²) in [7, 11) is 0. The van der Waals surface area contributed by atoms with E-state index in [0.29, 0.717) is 37.7 Å². The lowest BCUT2D eigenvalue weighted by molar-refractivity contribution is -0.130. The van der Waals surface area contributed by atoms with Crippen molar-refractivity contribution in [3.63, 3.8) is 0 Å². The molecule has 0 bridgehead atoms. The van der Waals surface area contributed by atoms with Gasteiger partial charge in [-0.1, -0.05) is 32.0 Å². The maximum absolute atomic E-state index is 12.6. The highest BCUT2D eigenvalue weighted by molar-refractivity contribution is 5.92. The molecule has 1 N–H and O–H groups in total. The summed E-state index contributed by atoms with van der Waals surface area (Å²) in [5, 5.41) is 3.36. The lowest BCUT2D eigenvalue weighted by atomic mass is 10.0. The van der Waals surface area contributed by atoms with E-state index in [1.54, 1.807) is 22.9 Å². The van der Waals surface area contributed by atoms with Gasteiger partial charge in [0.1, 0.15) is 11.5 Å². The molecule has 7 heteroatoms. The number of hydrogen-bond donors (Lipinski definition) is 1. The molecule has 28 heavy (non-hydrogen) atoms. The Labute approximate surface area is 165 Å². The standard InChI is InChI=1S/C21H27N5O2/c1-4-16-7-6-8-17(5-2)20(16)24-19-14-22-18(13-23-19)21(28)26-11-9-25(10-12-26)15(3)27/h6-8,13-14H,4-5,9-12H2,1-3H3,(H,23,24). The van der Waals surface area contributed by atoms with Gasteiger partial charge in [0.2, 0.25) is 5.91 Å². The average Bonchev–Trinajstić information content (AvgIpc) is 2.74. The van der Waals surface area contributed by atoms with Crippen molar-refractivity contribution < 1.29 is 9.59 Å². The Kier molecular flexibility index (Phi) is 6.23. The van der Waals surface area contributed by atoms with Crippen LogP contribution >= 0.6 is 0 Å². The first-order chi connectivity index (χ1) is 13.5. The SMILES string of the molecule is CCc1cccc(CC)c1Nc1cnc(C(=O)N2CCN(C(C)=O)CC2)cn1. The van der Waals surface area contributed by atoms with Crippen LogP contribution in [0.3, 0.4) is 0 Å². The molecule has 1 aromatic heterocycles. The number of hydrogen-bond acceptors (Lipinski definition) is 5. The first-order valence-electron chi connectivity index (χ1n) is 9.78. The van der Waals surface area contributed by atoms with E-state index >= 15 is 0 Å². The van der Waals surface area contributed by atoms with Crippen LogP contribution in [-0.4, -0.2) is 57.8 Å². The first kappa shape index (κ1) is 19.8. The predicted molar refractivity (Wildman–Crippen MR) is 109 cm³/mol. The van der Waals surface area contributed by atoms with Gasteiger partial charge in [-0.2, -0.15) is 0 Å². The Morgan fingerprint density at radius 1 is 0.964 bits per heavy atom. The third-order valence-electron chi connectivity index (χ3n) is 5.14. The van der Waals surface area contributed by atoms with Gasteiger partial charge in [-0.15, -0.1) is 0 Å². The molecule has 0 aliphatic carbocycles. The molecule has 1 aliphatic heterocycles. The van der Waals surface area contributed by atoms with E-state index in [-0.39, 0.29) is 11.8 Å². The zero-order valence-electron chi connectivity index (χ0n) is 16.7. The fourth-order valence-electron chi connectivity index (χ4n) is 3.42. The second-order valence-electron chi connectivity index (χ2n) is 6.87. The summed E-state index contributed by atoms with van der Waals surface area (Å²) in [5.74, 6) is 0.514. The van der Waals surface area contributed by atoms with Crippen molar-refractivity contribution in [1.29, 1.82) is 0 Å². The summed E-state index contributed by atoms with van der Waals surface area (Å²) in [6.07, 6.45) is 4.96. The molecule has 1 aliphatic rings. The van der Waals surface area contributed by atoms with Gasteiger partial charge in [0.15, 0.2) is 0 Å². The molecule has 7 nitrogen and oxygen atoms in total. The van der Waals surface area contributed by atoms with Gasteiger partial charge in [0.25, 0.3) is 5.91 Å². The number of piperazine rings is 1. The smallest absolute Gasteiger partial charge is 0.274 e. The monoisotopic (exact) mass is 381 g/mol. The van der Waals surface area contributed by atoms with E-state index in [1.807, 2.05) is 0 Å². The van der Waals surface area contributed by atoms with Crippen LogP contribution in [0.5, 0.6) is 0 Å². The fourth-order valence-corrected chi connectivity index (χ4v) is 3.42. The summed E-state index contributed by atoms with van der Waals surface area (Å²) in [4.78, 5) is 36.2. The Hall–Kier alpha value is -2.96. The van der Waals surface area contributed by atoms with Gasteiger partial charge >= 0.3 is 0 Å². The summed E-state index contributed by atoms with van der Waals surface area (Å²) >= 11 is 0.